The van der Waals surface area contributed by atoms with Crippen molar-refractivity contribution in [2.24, 2.45) is 5.41 Å². The van der Waals surface area contributed by atoms with Crippen LogP contribution in [0.25, 0.3) is 0 Å². The van der Waals surface area contributed by atoms with Crippen LogP contribution in [0.15, 0.2) is 24.3 Å². The molecular weight excluding hydrogens is 354 g/mol. The lowest BCUT2D eigenvalue weighted by atomic mass is 9.73. The molecule has 6 heteroatoms. The van der Waals surface area contributed by atoms with Crippen LogP contribution in [0.2, 0.25) is 0 Å². The minimum absolute atomic E-state index is 0.00762. The van der Waals surface area contributed by atoms with E-state index in [4.69, 9.17) is 0 Å². The van der Waals surface area contributed by atoms with Gasteiger partial charge in [-0.1, -0.05) is 12.1 Å². The van der Waals surface area contributed by atoms with Gasteiger partial charge in [0.1, 0.15) is 0 Å². The second-order valence-corrected chi connectivity index (χ2v) is 8.59. The number of Topliss-reactive ketones (excluding diaryl/α,β-unsaturated/α-hetero) is 1. The zero-order chi connectivity index (χ0) is 20.3. The molecule has 0 aliphatic carbocycles. The van der Waals surface area contributed by atoms with E-state index in [2.05, 4.69) is 4.90 Å². The molecule has 2 saturated heterocycles. The lowest BCUT2D eigenvalue weighted by Crippen LogP contribution is -2.55. The first-order chi connectivity index (χ1) is 13.3. The SMILES string of the molecule is CC(=O)c1cccc(C(=O)N2CCC[C@]3(CCC(=O)N(CCN(C)C)C3)C2)c1. The molecule has 0 bridgehead atoms. The molecular formula is C22H31N3O3. The summed E-state index contributed by atoms with van der Waals surface area (Å²) < 4.78 is 0. The Morgan fingerprint density at radius 3 is 2.61 bits per heavy atom. The van der Waals surface area contributed by atoms with Gasteiger partial charge in [-0.2, -0.15) is 0 Å². The van der Waals surface area contributed by atoms with Crippen molar-refractivity contribution < 1.29 is 14.4 Å². The number of likely N-dealkylation sites (N-methyl/N-ethyl adjacent to an activating group) is 1. The Hall–Kier alpha value is -2.21. The van der Waals surface area contributed by atoms with E-state index < -0.39 is 0 Å². The van der Waals surface area contributed by atoms with Crippen LogP contribution in [0.1, 0.15) is 53.3 Å². The van der Waals surface area contributed by atoms with Crippen molar-refractivity contribution in [1.82, 2.24) is 14.7 Å². The summed E-state index contributed by atoms with van der Waals surface area (Å²) in [5.41, 5.74) is 1.13. The number of nitrogens with zero attached hydrogens (tertiary/aromatic N) is 3. The van der Waals surface area contributed by atoms with Gasteiger partial charge in [0.15, 0.2) is 5.78 Å². The van der Waals surface area contributed by atoms with Gasteiger partial charge in [0, 0.05) is 55.7 Å². The molecule has 28 heavy (non-hydrogen) atoms. The molecule has 0 N–H and O–H groups in total. The third kappa shape index (κ3) is 4.61. The highest BCUT2D eigenvalue weighted by molar-refractivity contribution is 5.99. The number of hydrogen-bond acceptors (Lipinski definition) is 4. The topological polar surface area (TPSA) is 60.9 Å². The predicted octanol–water partition coefficient (Wildman–Crippen LogP) is 2.30. The quantitative estimate of drug-likeness (QED) is 0.730. The molecule has 0 aromatic heterocycles. The molecule has 2 amide bonds. The number of likely N-dealkylation sites (tertiary alicyclic amines) is 2. The fourth-order valence-corrected chi connectivity index (χ4v) is 4.39. The average Bonchev–Trinajstić information content (AvgIpc) is 2.68. The van der Waals surface area contributed by atoms with Crippen LogP contribution < -0.4 is 0 Å². The van der Waals surface area contributed by atoms with E-state index in [1.807, 2.05) is 23.9 Å². The highest BCUT2D eigenvalue weighted by Gasteiger charge is 2.42. The van der Waals surface area contributed by atoms with Crippen LogP contribution in [-0.4, -0.2) is 79.1 Å². The molecule has 2 aliphatic heterocycles. The number of rotatable bonds is 5. The van der Waals surface area contributed by atoms with E-state index >= 15 is 0 Å². The fraction of sp³-hybridized carbons (Fsp3) is 0.591. The summed E-state index contributed by atoms with van der Waals surface area (Å²) in [6.07, 6.45) is 3.42. The monoisotopic (exact) mass is 385 g/mol. The minimum atomic E-state index is -0.0351. The van der Waals surface area contributed by atoms with Crippen molar-refractivity contribution >= 4 is 17.6 Å². The normalized spacial score (nSPS) is 22.8. The molecule has 2 fully saturated rings. The second kappa shape index (κ2) is 8.43. The fourth-order valence-electron chi connectivity index (χ4n) is 4.39. The van der Waals surface area contributed by atoms with E-state index in [1.54, 1.807) is 24.3 Å². The van der Waals surface area contributed by atoms with Gasteiger partial charge in [-0.25, -0.2) is 0 Å². The first-order valence-corrected chi connectivity index (χ1v) is 10.1. The summed E-state index contributed by atoms with van der Waals surface area (Å²) in [5, 5.41) is 0. The van der Waals surface area contributed by atoms with Gasteiger partial charge < -0.3 is 14.7 Å². The molecule has 1 atom stereocenters. The van der Waals surface area contributed by atoms with Gasteiger partial charge in [-0.15, -0.1) is 0 Å². The van der Waals surface area contributed by atoms with Gasteiger partial charge in [-0.05, 0) is 52.4 Å². The Balaban J connectivity index is 1.72. The Bertz CT molecular complexity index is 761. The van der Waals surface area contributed by atoms with Gasteiger partial charge in [0.25, 0.3) is 5.91 Å². The zero-order valence-electron chi connectivity index (χ0n) is 17.2. The number of hydrogen-bond donors (Lipinski definition) is 0. The van der Waals surface area contributed by atoms with E-state index in [9.17, 15) is 14.4 Å². The van der Waals surface area contributed by atoms with Gasteiger partial charge in [0.05, 0.1) is 0 Å². The largest absolute Gasteiger partial charge is 0.341 e. The molecule has 152 valence electrons. The van der Waals surface area contributed by atoms with Crippen LogP contribution >= 0.6 is 0 Å². The first-order valence-electron chi connectivity index (χ1n) is 10.1. The van der Waals surface area contributed by atoms with Crippen molar-refractivity contribution in [3.63, 3.8) is 0 Å². The number of amides is 2. The number of benzene rings is 1. The van der Waals surface area contributed by atoms with Crippen LogP contribution in [-0.2, 0) is 4.79 Å². The van der Waals surface area contributed by atoms with Crippen molar-refractivity contribution in [1.29, 1.82) is 0 Å². The number of carbonyl (C=O) groups excluding carboxylic acids is 3. The lowest BCUT2D eigenvalue weighted by molar-refractivity contribution is -0.139. The Morgan fingerprint density at radius 2 is 1.89 bits per heavy atom. The standard InChI is InChI=1S/C22H31N3O3/c1-17(26)18-6-4-7-19(14-18)21(28)25-11-5-9-22(16-25)10-8-20(27)24(15-22)13-12-23(2)3/h4,6-7,14H,5,8-13,15-16H2,1-3H3/t22-/m1/s1. The van der Waals surface area contributed by atoms with E-state index in [0.29, 0.717) is 24.1 Å². The molecule has 0 radical (unpaired) electrons. The molecule has 3 rings (SSSR count). The predicted molar refractivity (Wildman–Crippen MR) is 108 cm³/mol. The Labute approximate surface area is 167 Å². The van der Waals surface area contributed by atoms with Crippen LogP contribution in [0.4, 0.5) is 0 Å². The smallest absolute Gasteiger partial charge is 0.253 e. The van der Waals surface area contributed by atoms with Crippen molar-refractivity contribution in [3.8, 4) is 0 Å². The average molecular weight is 386 g/mol. The third-order valence-electron chi connectivity index (χ3n) is 6.03. The summed E-state index contributed by atoms with van der Waals surface area (Å²) in [6, 6.07) is 6.99. The summed E-state index contributed by atoms with van der Waals surface area (Å²) in [5.74, 6) is 0.177. The van der Waals surface area contributed by atoms with Gasteiger partial charge >= 0.3 is 0 Å². The first kappa shape index (κ1) is 20.5. The lowest BCUT2D eigenvalue weighted by Gasteiger charge is -2.48. The maximum Gasteiger partial charge on any atom is 0.253 e. The van der Waals surface area contributed by atoms with Crippen molar-refractivity contribution in [3.05, 3.63) is 35.4 Å². The van der Waals surface area contributed by atoms with Crippen LogP contribution in [0.3, 0.4) is 0 Å². The zero-order valence-corrected chi connectivity index (χ0v) is 17.2. The molecule has 0 unspecified atom stereocenters. The van der Waals surface area contributed by atoms with Gasteiger partial charge in [-0.3, -0.25) is 14.4 Å². The van der Waals surface area contributed by atoms with Crippen LogP contribution in [0.5, 0.6) is 0 Å². The van der Waals surface area contributed by atoms with E-state index in [1.165, 1.54) is 6.92 Å². The second-order valence-electron chi connectivity index (χ2n) is 8.59. The van der Waals surface area contributed by atoms with Crippen molar-refractivity contribution in [2.75, 3.05) is 46.8 Å². The molecule has 2 aliphatic rings. The molecule has 1 aromatic carbocycles. The molecule has 1 aromatic rings. The summed E-state index contributed by atoms with van der Waals surface area (Å²) in [4.78, 5) is 43.1. The number of piperidine rings is 2. The Kier molecular flexibility index (Phi) is 6.18. The number of ketones is 1. The molecule has 1 spiro atoms. The Morgan fingerprint density at radius 1 is 1.14 bits per heavy atom. The van der Waals surface area contributed by atoms with E-state index in [-0.39, 0.29) is 23.0 Å². The minimum Gasteiger partial charge on any atom is -0.341 e. The molecule has 2 heterocycles. The van der Waals surface area contributed by atoms with Crippen molar-refractivity contribution in [2.45, 2.75) is 32.6 Å². The van der Waals surface area contributed by atoms with E-state index in [0.717, 1.165) is 45.4 Å². The van der Waals surface area contributed by atoms with Gasteiger partial charge in [0.2, 0.25) is 5.91 Å². The molecule has 6 nitrogen and oxygen atoms in total. The highest BCUT2D eigenvalue weighted by Crippen LogP contribution is 2.39. The maximum absolute atomic E-state index is 13.1. The summed E-state index contributed by atoms with van der Waals surface area (Å²) in [6.45, 7) is 5.25. The maximum atomic E-state index is 13.1. The number of carbonyl (C=O) groups is 3. The molecule has 0 saturated carbocycles. The van der Waals surface area contributed by atoms with Crippen LogP contribution in [0, 0.1) is 5.41 Å². The summed E-state index contributed by atoms with van der Waals surface area (Å²) in [7, 11) is 4.03. The third-order valence-corrected chi connectivity index (χ3v) is 6.03. The highest BCUT2D eigenvalue weighted by atomic mass is 16.2. The summed E-state index contributed by atoms with van der Waals surface area (Å²) >= 11 is 0.